The van der Waals surface area contributed by atoms with Gasteiger partial charge in [-0.1, -0.05) is 18.2 Å². The summed E-state index contributed by atoms with van der Waals surface area (Å²) < 4.78 is 27.1. The van der Waals surface area contributed by atoms with Crippen molar-refractivity contribution >= 4 is 16.3 Å². The lowest BCUT2D eigenvalue weighted by molar-refractivity contribution is 0.112. The monoisotopic (exact) mass is 333 g/mol. The minimum absolute atomic E-state index is 0.108. The van der Waals surface area contributed by atoms with E-state index in [-0.39, 0.29) is 16.2 Å². The zero-order valence-electron chi connectivity index (χ0n) is 13.2. The fourth-order valence-electron chi connectivity index (χ4n) is 2.11. The Labute approximate surface area is 136 Å². The fraction of sp³-hybridized carbons (Fsp3) is 0.235. The number of carbonyl (C=O) groups excluding carboxylic acids is 1. The van der Waals surface area contributed by atoms with Gasteiger partial charge in [0, 0.05) is 5.54 Å². The van der Waals surface area contributed by atoms with Gasteiger partial charge in [0.05, 0.1) is 10.5 Å². The van der Waals surface area contributed by atoms with Crippen molar-refractivity contribution in [1.29, 1.82) is 0 Å². The molecule has 0 heterocycles. The van der Waals surface area contributed by atoms with Gasteiger partial charge in [0.2, 0.25) is 10.0 Å². The molecule has 0 spiro atoms. The maximum Gasteiger partial charge on any atom is 0.241 e. The largest absolute Gasteiger partial charge is 0.507 e. The number of aromatic hydroxyl groups is 1. The summed E-state index contributed by atoms with van der Waals surface area (Å²) in [5.74, 6) is -0.108. The number of phenols is 1. The highest BCUT2D eigenvalue weighted by molar-refractivity contribution is 7.89. The number of hydrogen-bond donors (Lipinski definition) is 2. The second-order valence-electron chi connectivity index (χ2n) is 6.27. The summed E-state index contributed by atoms with van der Waals surface area (Å²) in [4.78, 5) is 10.9. The van der Waals surface area contributed by atoms with Crippen LogP contribution in [-0.4, -0.2) is 25.3 Å². The van der Waals surface area contributed by atoms with Crippen LogP contribution < -0.4 is 4.72 Å². The van der Waals surface area contributed by atoms with Crippen LogP contribution >= 0.6 is 0 Å². The summed E-state index contributed by atoms with van der Waals surface area (Å²) in [6.45, 7) is 5.32. The van der Waals surface area contributed by atoms with Crippen LogP contribution in [0.3, 0.4) is 0 Å². The summed E-state index contributed by atoms with van der Waals surface area (Å²) in [6.07, 6.45) is 0.576. The van der Waals surface area contributed by atoms with Crippen molar-refractivity contribution < 1.29 is 18.3 Å². The molecule has 0 saturated heterocycles. The molecule has 0 fully saturated rings. The summed E-state index contributed by atoms with van der Waals surface area (Å²) >= 11 is 0. The molecule has 23 heavy (non-hydrogen) atoms. The van der Waals surface area contributed by atoms with Gasteiger partial charge >= 0.3 is 0 Å². The second kappa shape index (κ2) is 6.14. The van der Waals surface area contributed by atoms with E-state index < -0.39 is 15.6 Å². The summed E-state index contributed by atoms with van der Waals surface area (Å²) in [7, 11) is -3.58. The van der Waals surface area contributed by atoms with Crippen LogP contribution in [0.4, 0.5) is 0 Å². The van der Waals surface area contributed by atoms with E-state index >= 15 is 0 Å². The number of aldehydes is 1. The number of hydrogen-bond acceptors (Lipinski definition) is 4. The zero-order valence-corrected chi connectivity index (χ0v) is 14.0. The van der Waals surface area contributed by atoms with Gasteiger partial charge in [0.1, 0.15) is 5.75 Å². The lowest BCUT2D eigenvalue weighted by Gasteiger charge is -2.20. The van der Waals surface area contributed by atoms with Gasteiger partial charge in [-0.25, -0.2) is 13.1 Å². The fourth-order valence-corrected chi connectivity index (χ4v) is 3.53. The van der Waals surface area contributed by atoms with Crippen molar-refractivity contribution in [2.45, 2.75) is 31.2 Å². The van der Waals surface area contributed by atoms with Gasteiger partial charge in [-0.2, -0.15) is 0 Å². The van der Waals surface area contributed by atoms with E-state index in [1.165, 1.54) is 24.3 Å². The van der Waals surface area contributed by atoms with Gasteiger partial charge in [0.25, 0.3) is 0 Å². The minimum Gasteiger partial charge on any atom is -0.507 e. The van der Waals surface area contributed by atoms with E-state index in [1.807, 2.05) is 0 Å². The zero-order chi connectivity index (χ0) is 17.3. The van der Waals surface area contributed by atoms with Crippen LogP contribution in [0.1, 0.15) is 31.1 Å². The maximum absolute atomic E-state index is 12.2. The third-order valence-corrected chi connectivity index (χ3v) is 4.87. The van der Waals surface area contributed by atoms with Gasteiger partial charge < -0.3 is 5.11 Å². The molecule has 0 amide bonds. The molecular formula is C17H19NO4S. The molecule has 0 aliphatic carbocycles. The molecule has 0 radical (unpaired) electrons. The van der Waals surface area contributed by atoms with Crippen LogP contribution in [0.15, 0.2) is 47.4 Å². The number of sulfonamides is 1. The van der Waals surface area contributed by atoms with Gasteiger partial charge in [-0.05, 0) is 56.2 Å². The van der Waals surface area contributed by atoms with E-state index in [4.69, 9.17) is 0 Å². The highest BCUT2D eigenvalue weighted by atomic mass is 32.2. The third kappa shape index (κ3) is 4.18. The molecule has 2 N–H and O–H groups in total. The molecule has 122 valence electrons. The van der Waals surface area contributed by atoms with Crippen molar-refractivity contribution in [2.24, 2.45) is 0 Å². The average Bonchev–Trinajstić information content (AvgIpc) is 2.45. The van der Waals surface area contributed by atoms with Crippen LogP contribution in [0.5, 0.6) is 5.75 Å². The first-order chi connectivity index (χ1) is 10.6. The third-order valence-electron chi connectivity index (χ3n) is 3.10. The SMILES string of the molecule is CC(C)(C)NS(=O)(=O)c1ccc(-c2ccc(C=O)c(O)c2)cc1. The molecule has 0 atom stereocenters. The Balaban J connectivity index is 2.33. The average molecular weight is 333 g/mol. The Bertz CT molecular complexity index is 819. The number of benzene rings is 2. The molecule has 2 aromatic carbocycles. The van der Waals surface area contributed by atoms with Crippen molar-refractivity contribution in [3.8, 4) is 16.9 Å². The predicted molar refractivity (Wildman–Crippen MR) is 89.0 cm³/mol. The lowest BCUT2D eigenvalue weighted by Crippen LogP contribution is -2.40. The Hall–Kier alpha value is -2.18. The van der Waals surface area contributed by atoms with Crippen molar-refractivity contribution in [3.63, 3.8) is 0 Å². The Morgan fingerprint density at radius 1 is 1.00 bits per heavy atom. The van der Waals surface area contributed by atoms with Gasteiger partial charge in [-0.3, -0.25) is 4.79 Å². The van der Waals surface area contributed by atoms with Crippen LogP contribution in [-0.2, 0) is 10.0 Å². The molecule has 0 saturated carbocycles. The molecule has 0 bridgehead atoms. The highest BCUT2D eigenvalue weighted by Crippen LogP contribution is 2.26. The van der Waals surface area contributed by atoms with Gasteiger partial charge in [0.15, 0.2) is 6.29 Å². The maximum atomic E-state index is 12.2. The number of carbonyl (C=O) groups is 1. The molecule has 6 heteroatoms. The topological polar surface area (TPSA) is 83.5 Å². The van der Waals surface area contributed by atoms with E-state index in [1.54, 1.807) is 39.0 Å². The summed E-state index contributed by atoms with van der Waals surface area (Å²) in [5.41, 5.74) is 1.09. The number of rotatable bonds is 4. The van der Waals surface area contributed by atoms with Crippen molar-refractivity contribution in [2.75, 3.05) is 0 Å². The standard InChI is InChI=1S/C17H19NO4S/c1-17(2,3)18-23(21,22)15-8-6-12(7-9-15)13-4-5-14(11-19)16(20)10-13/h4-11,18,20H,1-3H3. The molecule has 2 rings (SSSR count). The van der Waals surface area contributed by atoms with E-state index in [0.29, 0.717) is 11.8 Å². The summed E-state index contributed by atoms with van der Waals surface area (Å²) in [6, 6.07) is 11.0. The highest BCUT2D eigenvalue weighted by Gasteiger charge is 2.21. The van der Waals surface area contributed by atoms with E-state index in [2.05, 4.69) is 4.72 Å². The minimum atomic E-state index is -3.58. The van der Waals surface area contributed by atoms with Gasteiger partial charge in [-0.15, -0.1) is 0 Å². The predicted octanol–water partition coefficient (Wildman–Crippen LogP) is 2.95. The first kappa shape index (κ1) is 17.2. The van der Waals surface area contributed by atoms with E-state index in [9.17, 15) is 18.3 Å². The molecule has 0 aromatic heterocycles. The molecule has 0 unspecified atom stereocenters. The van der Waals surface area contributed by atoms with Crippen molar-refractivity contribution in [3.05, 3.63) is 48.0 Å². The molecule has 0 aliphatic heterocycles. The normalized spacial score (nSPS) is 12.1. The van der Waals surface area contributed by atoms with Crippen LogP contribution in [0, 0.1) is 0 Å². The van der Waals surface area contributed by atoms with Crippen molar-refractivity contribution in [1.82, 2.24) is 4.72 Å². The first-order valence-corrected chi connectivity index (χ1v) is 8.53. The second-order valence-corrected chi connectivity index (χ2v) is 7.95. The first-order valence-electron chi connectivity index (χ1n) is 7.05. The molecule has 0 aliphatic rings. The summed E-state index contributed by atoms with van der Waals surface area (Å²) in [5, 5.41) is 9.73. The Morgan fingerprint density at radius 3 is 2.04 bits per heavy atom. The van der Waals surface area contributed by atoms with Crippen LogP contribution in [0.2, 0.25) is 0 Å². The quantitative estimate of drug-likeness (QED) is 0.843. The Kier molecular flexibility index (Phi) is 4.58. The molecule has 2 aromatic rings. The molecule has 5 nitrogen and oxygen atoms in total. The Morgan fingerprint density at radius 2 is 1.57 bits per heavy atom. The lowest BCUT2D eigenvalue weighted by atomic mass is 10.0. The smallest absolute Gasteiger partial charge is 0.241 e. The number of nitrogens with one attached hydrogen (secondary N) is 1. The molecular weight excluding hydrogens is 314 g/mol. The van der Waals surface area contributed by atoms with E-state index in [0.717, 1.165) is 5.56 Å². The van der Waals surface area contributed by atoms with Crippen LogP contribution in [0.25, 0.3) is 11.1 Å². The number of phenolic OH excluding ortho intramolecular Hbond substituents is 1.